The van der Waals surface area contributed by atoms with Crippen LogP contribution in [0.3, 0.4) is 0 Å². The van der Waals surface area contributed by atoms with E-state index < -0.39 is 0 Å². The highest BCUT2D eigenvalue weighted by molar-refractivity contribution is 5.86. The molecule has 0 aliphatic heterocycles. The number of carbonyl (C=O) groups excluding carboxylic acids is 1. The highest BCUT2D eigenvalue weighted by Crippen LogP contribution is 2.27. The van der Waals surface area contributed by atoms with Crippen molar-refractivity contribution in [2.45, 2.75) is 39.0 Å². The Bertz CT molecular complexity index is 628. The van der Waals surface area contributed by atoms with Crippen molar-refractivity contribution >= 4 is 16.8 Å². The molecule has 2 aromatic rings. The molecule has 4 heteroatoms. The number of benzene rings is 1. The molecule has 1 amide bonds. The zero-order valence-electron chi connectivity index (χ0n) is 11.7. The Morgan fingerprint density at radius 3 is 2.80 bits per heavy atom. The zero-order valence-corrected chi connectivity index (χ0v) is 11.7. The molecule has 0 bridgehead atoms. The van der Waals surface area contributed by atoms with E-state index in [9.17, 15) is 9.90 Å². The molecule has 1 aromatic carbocycles. The fourth-order valence-electron chi connectivity index (χ4n) is 2.84. The van der Waals surface area contributed by atoms with Crippen molar-refractivity contribution in [1.29, 1.82) is 0 Å². The quantitative estimate of drug-likeness (QED) is 0.906. The van der Waals surface area contributed by atoms with Gasteiger partial charge in [-0.15, -0.1) is 0 Å². The average molecular weight is 272 g/mol. The Morgan fingerprint density at radius 2 is 2.15 bits per heavy atom. The summed E-state index contributed by atoms with van der Waals surface area (Å²) in [5.41, 5.74) is 1.89. The lowest BCUT2D eigenvalue weighted by molar-refractivity contribution is -0.132. The van der Waals surface area contributed by atoms with E-state index in [1.165, 1.54) is 0 Å². The topological polar surface area (TPSA) is 45.5 Å². The smallest absolute Gasteiger partial charge is 0.242 e. The summed E-state index contributed by atoms with van der Waals surface area (Å²) in [6.45, 7) is 3.16. The van der Waals surface area contributed by atoms with Gasteiger partial charge in [-0.05, 0) is 25.8 Å². The van der Waals surface area contributed by atoms with Gasteiger partial charge in [0.2, 0.25) is 5.91 Å². The number of nitrogens with zero attached hydrogens (tertiary/aromatic N) is 2. The van der Waals surface area contributed by atoms with Gasteiger partial charge in [0, 0.05) is 35.2 Å². The number of carbonyl (C=O) groups is 1. The Morgan fingerprint density at radius 1 is 1.40 bits per heavy atom. The van der Waals surface area contributed by atoms with Gasteiger partial charge in [-0.3, -0.25) is 4.79 Å². The normalized spacial score (nSPS) is 14.7. The zero-order chi connectivity index (χ0) is 14.1. The van der Waals surface area contributed by atoms with Gasteiger partial charge in [0.25, 0.3) is 0 Å². The summed E-state index contributed by atoms with van der Waals surface area (Å²) in [5.74, 6) is 0.167. The largest absolute Gasteiger partial charge is 0.392 e. The van der Waals surface area contributed by atoms with Crippen molar-refractivity contribution in [2.75, 3.05) is 6.54 Å². The van der Waals surface area contributed by atoms with Crippen LogP contribution in [0.15, 0.2) is 30.5 Å². The molecule has 1 heterocycles. The average Bonchev–Trinajstić information content (AvgIpc) is 3.23. The molecule has 0 radical (unpaired) electrons. The van der Waals surface area contributed by atoms with Gasteiger partial charge in [0.1, 0.15) is 6.54 Å². The van der Waals surface area contributed by atoms with Gasteiger partial charge in [-0.1, -0.05) is 18.2 Å². The molecular weight excluding hydrogens is 252 g/mol. The lowest BCUT2D eigenvalue weighted by atomic mass is 10.2. The van der Waals surface area contributed by atoms with Gasteiger partial charge in [-0.2, -0.15) is 0 Å². The summed E-state index contributed by atoms with van der Waals surface area (Å²) in [7, 11) is 0. The predicted octanol–water partition coefficient (Wildman–Crippen LogP) is 2.14. The van der Waals surface area contributed by atoms with Crippen molar-refractivity contribution in [3.8, 4) is 0 Å². The van der Waals surface area contributed by atoms with E-state index in [0.717, 1.165) is 35.9 Å². The SMILES string of the molecule is CCN(C(=O)Cn1cc(CO)c2ccccc21)C1CC1. The van der Waals surface area contributed by atoms with Crippen molar-refractivity contribution in [3.63, 3.8) is 0 Å². The van der Waals surface area contributed by atoms with E-state index >= 15 is 0 Å². The molecule has 0 unspecified atom stereocenters. The lowest BCUT2D eigenvalue weighted by Gasteiger charge is -2.20. The summed E-state index contributed by atoms with van der Waals surface area (Å²) in [5, 5.41) is 10.5. The summed E-state index contributed by atoms with van der Waals surface area (Å²) in [6, 6.07) is 8.35. The Hall–Kier alpha value is -1.81. The maximum absolute atomic E-state index is 12.4. The number of aromatic nitrogens is 1. The van der Waals surface area contributed by atoms with Crippen LogP contribution < -0.4 is 0 Å². The van der Waals surface area contributed by atoms with Crippen LogP contribution in [0, 0.1) is 0 Å². The second-order valence-electron chi connectivity index (χ2n) is 5.37. The molecule has 1 aliphatic carbocycles. The standard InChI is InChI=1S/C16H20N2O2/c1-2-18(13-7-8-13)16(20)10-17-9-12(11-19)14-5-3-4-6-15(14)17/h3-6,9,13,19H,2,7-8,10-11H2,1H3. The number of aliphatic hydroxyl groups is 1. The maximum Gasteiger partial charge on any atom is 0.242 e. The van der Waals surface area contributed by atoms with Crippen LogP contribution in [0.2, 0.25) is 0 Å². The molecule has 1 fully saturated rings. The van der Waals surface area contributed by atoms with Gasteiger partial charge >= 0.3 is 0 Å². The summed E-state index contributed by atoms with van der Waals surface area (Å²) in [4.78, 5) is 14.4. The van der Waals surface area contributed by atoms with Crippen LogP contribution in [0.25, 0.3) is 10.9 Å². The minimum Gasteiger partial charge on any atom is -0.392 e. The first kappa shape index (κ1) is 13.2. The van der Waals surface area contributed by atoms with Crippen molar-refractivity contribution in [2.24, 2.45) is 0 Å². The number of hydrogen-bond donors (Lipinski definition) is 1. The number of hydrogen-bond acceptors (Lipinski definition) is 2. The molecule has 0 saturated heterocycles. The first-order valence-electron chi connectivity index (χ1n) is 7.21. The number of likely N-dealkylation sites (N-methyl/N-ethyl adjacent to an activating group) is 1. The summed E-state index contributed by atoms with van der Waals surface area (Å²) < 4.78 is 1.95. The third-order valence-electron chi connectivity index (χ3n) is 4.00. The van der Waals surface area contributed by atoms with E-state index in [4.69, 9.17) is 0 Å². The van der Waals surface area contributed by atoms with Crippen LogP contribution in [0.1, 0.15) is 25.3 Å². The highest BCUT2D eigenvalue weighted by atomic mass is 16.3. The van der Waals surface area contributed by atoms with Gasteiger partial charge in [0.15, 0.2) is 0 Å². The van der Waals surface area contributed by atoms with E-state index in [0.29, 0.717) is 12.6 Å². The van der Waals surface area contributed by atoms with Crippen LogP contribution >= 0.6 is 0 Å². The number of para-hydroxylation sites is 1. The van der Waals surface area contributed by atoms with Gasteiger partial charge < -0.3 is 14.6 Å². The van der Waals surface area contributed by atoms with Crippen LogP contribution in [-0.2, 0) is 17.9 Å². The van der Waals surface area contributed by atoms with Crippen molar-refractivity contribution in [3.05, 3.63) is 36.0 Å². The maximum atomic E-state index is 12.4. The summed E-state index contributed by atoms with van der Waals surface area (Å²) >= 11 is 0. The van der Waals surface area contributed by atoms with Crippen molar-refractivity contribution < 1.29 is 9.90 Å². The number of fused-ring (bicyclic) bond motifs is 1. The van der Waals surface area contributed by atoms with Crippen LogP contribution in [0.5, 0.6) is 0 Å². The molecule has 1 saturated carbocycles. The fourth-order valence-corrected chi connectivity index (χ4v) is 2.84. The molecule has 0 atom stereocenters. The highest BCUT2D eigenvalue weighted by Gasteiger charge is 2.31. The monoisotopic (exact) mass is 272 g/mol. The molecule has 4 nitrogen and oxygen atoms in total. The minimum atomic E-state index is 0.00181. The molecule has 1 N–H and O–H groups in total. The number of rotatable bonds is 5. The van der Waals surface area contributed by atoms with Crippen LogP contribution in [-0.4, -0.2) is 33.1 Å². The predicted molar refractivity (Wildman–Crippen MR) is 78.3 cm³/mol. The third kappa shape index (κ3) is 2.31. The molecule has 106 valence electrons. The van der Waals surface area contributed by atoms with Crippen molar-refractivity contribution in [1.82, 2.24) is 9.47 Å². The molecule has 3 rings (SSSR count). The second kappa shape index (κ2) is 5.29. The number of amides is 1. The fraction of sp³-hybridized carbons (Fsp3) is 0.438. The molecular formula is C16H20N2O2. The minimum absolute atomic E-state index is 0.00181. The molecule has 1 aromatic heterocycles. The van der Waals surface area contributed by atoms with Crippen LogP contribution in [0.4, 0.5) is 0 Å². The van der Waals surface area contributed by atoms with Gasteiger partial charge in [0.05, 0.1) is 6.61 Å². The Kier molecular flexibility index (Phi) is 3.49. The van der Waals surface area contributed by atoms with E-state index in [1.807, 2.05) is 46.9 Å². The second-order valence-corrected chi connectivity index (χ2v) is 5.37. The Labute approximate surface area is 118 Å². The first-order chi connectivity index (χ1) is 9.74. The molecule has 0 spiro atoms. The van der Waals surface area contributed by atoms with Gasteiger partial charge in [-0.25, -0.2) is 0 Å². The first-order valence-corrected chi connectivity index (χ1v) is 7.21. The van der Waals surface area contributed by atoms with E-state index in [2.05, 4.69) is 0 Å². The number of aliphatic hydroxyl groups excluding tert-OH is 1. The van der Waals surface area contributed by atoms with E-state index in [-0.39, 0.29) is 12.5 Å². The molecule has 20 heavy (non-hydrogen) atoms. The lowest BCUT2D eigenvalue weighted by Crippen LogP contribution is -2.35. The molecule has 1 aliphatic rings. The Balaban J connectivity index is 1.88. The third-order valence-corrected chi connectivity index (χ3v) is 4.00. The summed E-state index contributed by atoms with van der Waals surface area (Å²) in [6.07, 6.45) is 4.16. The van der Waals surface area contributed by atoms with E-state index in [1.54, 1.807) is 0 Å².